The van der Waals surface area contributed by atoms with Gasteiger partial charge in [0, 0.05) is 18.8 Å². The number of hydrogen-bond acceptors (Lipinski definition) is 6. The van der Waals surface area contributed by atoms with Gasteiger partial charge in [0.05, 0.1) is 18.1 Å². The maximum atomic E-state index is 12.3. The van der Waals surface area contributed by atoms with E-state index in [4.69, 9.17) is 15.2 Å². The largest absolute Gasteiger partial charge is 0.462 e. The summed E-state index contributed by atoms with van der Waals surface area (Å²) in [4.78, 5) is 52.2. The minimum absolute atomic E-state index is 0.108. The fourth-order valence-corrected chi connectivity index (χ4v) is 3.19. The first kappa shape index (κ1) is 20.5. The molecule has 1 aromatic heterocycles. The number of nitrogens with one attached hydrogen (secondary N) is 1. The standard InChI is InChI=1S/C18H25N3O6/c1-4-26-17(24)14-10(2)15(20-11(14)3)18(25)27-9-13(22)21-7-5-6-12(8-21)16(19)23/h12,20H,4-9H2,1-3H3,(H2,19,23)/t12-/m1/s1. The van der Waals surface area contributed by atoms with Crippen molar-refractivity contribution in [1.82, 2.24) is 9.88 Å². The maximum Gasteiger partial charge on any atom is 0.355 e. The number of nitrogens with zero attached hydrogens (tertiary/aromatic N) is 1. The van der Waals surface area contributed by atoms with Crippen molar-refractivity contribution in [2.75, 3.05) is 26.3 Å². The number of carbonyl (C=O) groups is 4. The van der Waals surface area contributed by atoms with Crippen LogP contribution in [0.5, 0.6) is 0 Å². The number of esters is 2. The van der Waals surface area contributed by atoms with E-state index in [-0.39, 0.29) is 36.2 Å². The van der Waals surface area contributed by atoms with Gasteiger partial charge in [0.25, 0.3) is 5.91 Å². The number of aryl methyl sites for hydroxylation is 1. The lowest BCUT2D eigenvalue weighted by Crippen LogP contribution is -2.45. The number of likely N-dealkylation sites (tertiary alicyclic amines) is 1. The number of amides is 2. The Morgan fingerprint density at radius 3 is 2.52 bits per heavy atom. The fourth-order valence-electron chi connectivity index (χ4n) is 3.19. The van der Waals surface area contributed by atoms with Gasteiger partial charge in [-0.15, -0.1) is 0 Å². The van der Waals surface area contributed by atoms with E-state index in [2.05, 4.69) is 4.98 Å². The van der Waals surface area contributed by atoms with Crippen LogP contribution in [-0.2, 0) is 19.1 Å². The third-order valence-corrected chi connectivity index (χ3v) is 4.62. The van der Waals surface area contributed by atoms with E-state index in [0.29, 0.717) is 30.6 Å². The number of carbonyl (C=O) groups excluding carboxylic acids is 4. The normalized spacial score (nSPS) is 16.7. The van der Waals surface area contributed by atoms with Crippen LogP contribution in [0.1, 0.15) is 51.9 Å². The summed E-state index contributed by atoms with van der Waals surface area (Å²) in [5, 5.41) is 0. The van der Waals surface area contributed by atoms with Gasteiger partial charge in [0.2, 0.25) is 5.91 Å². The molecular weight excluding hydrogens is 354 g/mol. The zero-order valence-electron chi connectivity index (χ0n) is 15.8. The van der Waals surface area contributed by atoms with E-state index in [1.807, 2.05) is 0 Å². The molecule has 0 spiro atoms. The van der Waals surface area contributed by atoms with Crippen LogP contribution in [0.3, 0.4) is 0 Å². The molecule has 9 nitrogen and oxygen atoms in total. The molecule has 1 aromatic rings. The molecule has 2 heterocycles. The highest BCUT2D eigenvalue weighted by molar-refractivity contribution is 5.99. The van der Waals surface area contributed by atoms with Crippen molar-refractivity contribution in [2.45, 2.75) is 33.6 Å². The molecule has 1 atom stereocenters. The minimum atomic E-state index is -0.733. The highest BCUT2D eigenvalue weighted by atomic mass is 16.5. The highest BCUT2D eigenvalue weighted by Gasteiger charge is 2.28. The lowest BCUT2D eigenvalue weighted by atomic mass is 9.97. The van der Waals surface area contributed by atoms with Gasteiger partial charge < -0.3 is 25.1 Å². The number of piperidine rings is 1. The topological polar surface area (TPSA) is 132 Å². The van der Waals surface area contributed by atoms with Gasteiger partial charge in [-0.2, -0.15) is 0 Å². The summed E-state index contributed by atoms with van der Waals surface area (Å²) < 4.78 is 10.1. The van der Waals surface area contributed by atoms with Crippen molar-refractivity contribution in [3.8, 4) is 0 Å². The Kier molecular flexibility index (Phi) is 6.59. The number of nitrogens with two attached hydrogens (primary N) is 1. The lowest BCUT2D eigenvalue weighted by Gasteiger charge is -2.31. The van der Waals surface area contributed by atoms with E-state index in [9.17, 15) is 19.2 Å². The molecule has 1 aliphatic rings. The molecule has 0 saturated carbocycles. The average Bonchev–Trinajstić information content (AvgIpc) is 2.94. The van der Waals surface area contributed by atoms with Crippen molar-refractivity contribution in [3.63, 3.8) is 0 Å². The van der Waals surface area contributed by atoms with Crippen molar-refractivity contribution >= 4 is 23.8 Å². The second kappa shape index (κ2) is 8.70. The Morgan fingerprint density at radius 1 is 1.19 bits per heavy atom. The molecule has 2 amide bonds. The molecule has 27 heavy (non-hydrogen) atoms. The van der Waals surface area contributed by atoms with Gasteiger partial charge in [-0.25, -0.2) is 9.59 Å². The lowest BCUT2D eigenvalue weighted by molar-refractivity contribution is -0.137. The summed E-state index contributed by atoms with van der Waals surface area (Å²) in [5.74, 6) is -2.46. The van der Waals surface area contributed by atoms with Crippen LogP contribution in [0.2, 0.25) is 0 Å². The quantitative estimate of drug-likeness (QED) is 0.699. The van der Waals surface area contributed by atoms with Gasteiger partial charge in [-0.05, 0) is 39.2 Å². The molecule has 0 bridgehead atoms. The Balaban J connectivity index is 1.99. The number of aromatic amines is 1. The molecule has 1 aliphatic heterocycles. The fraction of sp³-hybridized carbons (Fsp3) is 0.556. The molecule has 3 N–H and O–H groups in total. The third-order valence-electron chi connectivity index (χ3n) is 4.62. The summed E-state index contributed by atoms with van der Waals surface area (Å²) in [6, 6.07) is 0. The SMILES string of the molecule is CCOC(=O)c1c(C)[nH]c(C(=O)OCC(=O)N2CCC[C@@H](C(N)=O)C2)c1C. The van der Waals surface area contributed by atoms with Crippen LogP contribution < -0.4 is 5.73 Å². The summed E-state index contributed by atoms with van der Waals surface area (Å²) in [6.45, 7) is 5.46. The maximum absolute atomic E-state index is 12.3. The van der Waals surface area contributed by atoms with E-state index < -0.39 is 24.5 Å². The van der Waals surface area contributed by atoms with Crippen LogP contribution in [-0.4, -0.2) is 59.9 Å². The Bertz CT molecular complexity index is 755. The first-order chi connectivity index (χ1) is 12.8. The monoisotopic (exact) mass is 379 g/mol. The molecule has 0 unspecified atom stereocenters. The van der Waals surface area contributed by atoms with Gasteiger partial charge in [0.1, 0.15) is 5.69 Å². The molecule has 9 heteroatoms. The van der Waals surface area contributed by atoms with E-state index in [1.54, 1.807) is 20.8 Å². The van der Waals surface area contributed by atoms with E-state index >= 15 is 0 Å². The number of hydrogen-bond donors (Lipinski definition) is 2. The molecular formula is C18H25N3O6. The van der Waals surface area contributed by atoms with Gasteiger partial charge in [-0.1, -0.05) is 0 Å². The molecule has 0 aromatic carbocycles. The zero-order valence-corrected chi connectivity index (χ0v) is 15.8. The average molecular weight is 379 g/mol. The first-order valence-corrected chi connectivity index (χ1v) is 8.86. The molecule has 1 saturated heterocycles. The van der Waals surface area contributed by atoms with Crippen molar-refractivity contribution in [1.29, 1.82) is 0 Å². The highest BCUT2D eigenvalue weighted by Crippen LogP contribution is 2.20. The molecule has 148 valence electrons. The van der Waals surface area contributed by atoms with Crippen LogP contribution in [0.25, 0.3) is 0 Å². The van der Waals surface area contributed by atoms with Gasteiger partial charge in [-0.3, -0.25) is 9.59 Å². The van der Waals surface area contributed by atoms with Crippen molar-refractivity contribution in [2.24, 2.45) is 11.7 Å². The van der Waals surface area contributed by atoms with Crippen LogP contribution in [0, 0.1) is 19.8 Å². The van der Waals surface area contributed by atoms with Crippen LogP contribution >= 0.6 is 0 Å². The molecule has 2 rings (SSSR count). The van der Waals surface area contributed by atoms with Crippen molar-refractivity contribution in [3.05, 3.63) is 22.5 Å². The second-order valence-electron chi connectivity index (χ2n) is 6.50. The number of rotatable bonds is 6. The predicted molar refractivity (Wildman–Crippen MR) is 95.0 cm³/mol. The number of H-pyrrole nitrogens is 1. The third kappa shape index (κ3) is 4.66. The van der Waals surface area contributed by atoms with Gasteiger partial charge >= 0.3 is 11.9 Å². The van der Waals surface area contributed by atoms with E-state index in [1.165, 1.54) is 4.90 Å². The minimum Gasteiger partial charge on any atom is -0.462 e. The summed E-state index contributed by atoms with van der Waals surface area (Å²) in [7, 11) is 0. The number of aromatic nitrogens is 1. The number of primary amides is 1. The smallest absolute Gasteiger partial charge is 0.355 e. The Morgan fingerprint density at radius 2 is 1.89 bits per heavy atom. The van der Waals surface area contributed by atoms with E-state index in [0.717, 1.165) is 0 Å². The molecule has 1 fully saturated rings. The summed E-state index contributed by atoms with van der Waals surface area (Å²) >= 11 is 0. The van der Waals surface area contributed by atoms with Gasteiger partial charge in [0.15, 0.2) is 6.61 Å². The second-order valence-corrected chi connectivity index (χ2v) is 6.50. The molecule has 0 aliphatic carbocycles. The van der Waals surface area contributed by atoms with Crippen molar-refractivity contribution < 1.29 is 28.7 Å². The van der Waals surface area contributed by atoms with Crippen LogP contribution in [0.15, 0.2) is 0 Å². The number of ether oxygens (including phenoxy) is 2. The Labute approximate surface area is 157 Å². The predicted octanol–water partition coefficient (Wildman–Crippen LogP) is 0.689. The molecule has 0 radical (unpaired) electrons. The summed E-state index contributed by atoms with van der Waals surface area (Å²) in [6.07, 6.45) is 1.32. The van der Waals surface area contributed by atoms with Crippen LogP contribution in [0.4, 0.5) is 0 Å². The Hall–Kier alpha value is -2.84. The summed E-state index contributed by atoms with van der Waals surface area (Å²) in [5.41, 5.74) is 6.60. The first-order valence-electron chi connectivity index (χ1n) is 8.86. The zero-order chi connectivity index (χ0) is 20.1.